The first-order chi connectivity index (χ1) is 6.43. The largest absolute Gasteiger partial charge is 0.750 e. The van der Waals surface area contributed by atoms with E-state index >= 15 is 0 Å². The first kappa shape index (κ1) is 12.7. The van der Waals surface area contributed by atoms with Crippen molar-refractivity contribution in [3.8, 4) is 0 Å². The van der Waals surface area contributed by atoms with Gasteiger partial charge in [-0.25, -0.2) is 4.21 Å². The maximum atomic E-state index is 10.2. The van der Waals surface area contributed by atoms with E-state index in [1.165, 1.54) is 6.07 Å². The monoisotopic (exact) mass is 218 g/mol. The summed E-state index contributed by atoms with van der Waals surface area (Å²) in [5, 5.41) is 10.2. The minimum absolute atomic E-state index is 0.153. The van der Waals surface area contributed by atoms with Crippen LogP contribution in [0.5, 0.6) is 0 Å². The summed E-state index contributed by atoms with van der Waals surface area (Å²) < 4.78 is 24.1. The van der Waals surface area contributed by atoms with E-state index in [2.05, 4.69) is 0 Å². The number of nitro benzene ring substituents is 1. The van der Waals surface area contributed by atoms with Crippen molar-refractivity contribution in [3.63, 3.8) is 0 Å². The van der Waals surface area contributed by atoms with Crippen LogP contribution in [0.2, 0.25) is 0 Å². The van der Waals surface area contributed by atoms with Crippen molar-refractivity contribution in [1.82, 2.24) is 0 Å². The average Bonchev–Trinajstić information content (AvgIpc) is 2.03. The Morgan fingerprint density at radius 1 is 1.50 bits per heavy atom. The van der Waals surface area contributed by atoms with Gasteiger partial charge in [0.15, 0.2) is 0 Å². The van der Waals surface area contributed by atoms with Gasteiger partial charge in [-0.3, -0.25) is 10.1 Å². The van der Waals surface area contributed by atoms with E-state index in [0.29, 0.717) is 0 Å². The molecule has 0 bridgehead atoms. The van der Waals surface area contributed by atoms with Crippen LogP contribution in [0.25, 0.3) is 0 Å². The summed E-state index contributed by atoms with van der Waals surface area (Å²) in [4.78, 5) is 9.76. The zero-order valence-electron chi connectivity index (χ0n) is 7.25. The Balaban J connectivity index is 0.000000364. The van der Waals surface area contributed by atoms with Crippen molar-refractivity contribution >= 4 is 17.0 Å². The molecule has 1 aromatic carbocycles. The highest BCUT2D eigenvalue weighted by Gasteiger charge is 2.01. The Kier molecular flexibility index (Phi) is 5.61. The molecule has 6 nitrogen and oxygen atoms in total. The van der Waals surface area contributed by atoms with E-state index in [4.69, 9.17) is 13.3 Å². The molecule has 0 fully saturated rings. The van der Waals surface area contributed by atoms with Crippen molar-refractivity contribution in [2.75, 3.05) is 0 Å². The molecule has 0 aliphatic carbocycles. The molecule has 7 heteroatoms. The summed E-state index contributed by atoms with van der Waals surface area (Å²) in [5.41, 5.74) is 1.06. The molecule has 1 aromatic rings. The number of rotatable bonds is 1. The molecule has 1 rings (SSSR count). The molecule has 0 saturated heterocycles. The normalized spacial score (nSPS) is 11.1. The van der Waals surface area contributed by atoms with Gasteiger partial charge in [-0.05, 0) is 12.5 Å². The summed E-state index contributed by atoms with van der Waals surface area (Å²) in [6, 6.07) is 6.52. The van der Waals surface area contributed by atoms with Crippen molar-refractivity contribution in [1.29, 1.82) is 0 Å². The van der Waals surface area contributed by atoms with Crippen LogP contribution in [0.4, 0.5) is 5.69 Å². The number of aryl methyl sites for hydroxylation is 1. The fraction of sp³-hybridized carbons (Fsp3) is 0.143. The van der Waals surface area contributed by atoms with Gasteiger partial charge in [-0.1, -0.05) is 12.1 Å². The van der Waals surface area contributed by atoms with Crippen LogP contribution in [0, 0.1) is 17.0 Å². The quantitative estimate of drug-likeness (QED) is 0.434. The van der Waals surface area contributed by atoms with Gasteiger partial charge in [0.1, 0.15) is 0 Å². The fourth-order valence-corrected chi connectivity index (χ4v) is 0.742. The molecular formula is C7H8NO5S-. The van der Waals surface area contributed by atoms with Crippen LogP contribution in [-0.4, -0.2) is 18.2 Å². The third-order valence-corrected chi connectivity index (χ3v) is 1.21. The smallest absolute Gasteiger partial charge is 0.269 e. The molecule has 78 valence electrons. The third kappa shape index (κ3) is 6.23. The summed E-state index contributed by atoms with van der Waals surface area (Å²) in [6.07, 6.45) is 0. The predicted molar refractivity (Wildman–Crippen MR) is 49.4 cm³/mol. The maximum Gasteiger partial charge on any atom is 0.269 e. The second-order valence-electron chi connectivity index (χ2n) is 2.31. The topological polar surface area (TPSA) is 104 Å². The van der Waals surface area contributed by atoms with Crippen molar-refractivity contribution in [3.05, 3.63) is 39.9 Å². The van der Waals surface area contributed by atoms with E-state index in [9.17, 15) is 10.1 Å². The van der Waals surface area contributed by atoms with Gasteiger partial charge in [0, 0.05) is 12.1 Å². The first-order valence-corrected chi connectivity index (χ1v) is 4.46. The summed E-state index contributed by atoms with van der Waals surface area (Å²) in [7, 11) is 0. The van der Waals surface area contributed by atoms with E-state index in [1.54, 1.807) is 12.1 Å². The highest BCUT2D eigenvalue weighted by Crippen LogP contribution is 2.11. The Labute approximate surface area is 82.8 Å². The number of hydrogen-bond acceptors (Lipinski definition) is 4. The number of non-ortho nitro benzene ring substituents is 1. The van der Waals surface area contributed by atoms with Crippen LogP contribution in [0.3, 0.4) is 0 Å². The molecule has 0 radical (unpaired) electrons. The molecule has 1 atom stereocenters. The van der Waals surface area contributed by atoms with Gasteiger partial charge in [0.2, 0.25) is 0 Å². The van der Waals surface area contributed by atoms with Crippen LogP contribution in [0.1, 0.15) is 5.56 Å². The molecule has 0 aliphatic rings. The van der Waals surface area contributed by atoms with E-state index in [0.717, 1.165) is 5.56 Å². The Morgan fingerprint density at radius 2 is 2.00 bits per heavy atom. The molecule has 0 heterocycles. The lowest BCUT2D eigenvalue weighted by atomic mass is 10.2. The number of nitro groups is 1. The molecular weight excluding hydrogens is 210 g/mol. The molecule has 0 amide bonds. The van der Waals surface area contributed by atoms with Gasteiger partial charge >= 0.3 is 0 Å². The van der Waals surface area contributed by atoms with Crippen molar-refractivity contribution in [2.24, 2.45) is 0 Å². The Morgan fingerprint density at radius 3 is 2.29 bits per heavy atom. The predicted octanol–water partition coefficient (Wildman–Crippen LogP) is 1.24. The van der Waals surface area contributed by atoms with Crippen LogP contribution in [-0.2, 0) is 11.4 Å². The SMILES string of the molecule is Cc1cccc([N+](=O)[O-])c1.O=S([O-])O. The minimum atomic E-state index is -2.86. The molecule has 0 aromatic heterocycles. The van der Waals surface area contributed by atoms with Gasteiger partial charge in [0.05, 0.1) is 16.3 Å². The van der Waals surface area contributed by atoms with E-state index < -0.39 is 16.3 Å². The lowest BCUT2D eigenvalue weighted by molar-refractivity contribution is -0.384. The Bertz CT molecular complexity index is 337. The molecule has 0 spiro atoms. The van der Waals surface area contributed by atoms with E-state index in [-0.39, 0.29) is 5.69 Å². The number of benzene rings is 1. The van der Waals surface area contributed by atoms with Crippen LogP contribution >= 0.6 is 0 Å². The zero-order chi connectivity index (χ0) is 11.1. The lowest BCUT2D eigenvalue weighted by Gasteiger charge is -1.90. The minimum Gasteiger partial charge on any atom is -0.750 e. The van der Waals surface area contributed by atoms with Gasteiger partial charge < -0.3 is 9.11 Å². The summed E-state index contributed by atoms with van der Waals surface area (Å²) in [5.74, 6) is 0. The summed E-state index contributed by atoms with van der Waals surface area (Å²) in [6.45, 7) is 1.83. The average molecular weight is 218 g/mol. The fourth-order valence-electron chi connectivity index (χ4n) is 0.742. The zero-order valence-corrected chi connectivity index (χ0v) is 8.06. The molecule has 1 unspecified atom stereocenters. The van der Waals surface area contributed by atoms with E-state index in [1.807, 2.05) is 13.0 Å². The molecule has 0 saturated carbocycles. The van der Waals surface area contributed by atoms with Crippen LogP contribution in [0.15, 0.2) is 24.3 Å². The molecule has 1 N–H and O–H groups in total. The lowest BCUT2D eigenvalue weighted by Crippen LogP contribution is -1.86. The summed E-state index contributed by atoms with van der Waals surface area (Å²) >= 11 is -2.86. The second-order valence-corrected chi connectivity index (χ2v) is 2.75. The van der Waals surface area contributed by atoms with Gasteiger partial charge in [-0.2, -0.15) is 0 Å². The number of nitrogens with zero attached hydrogens (tertiary/aromatic N) is 1. The van der Waals surface area contributed by atoms with Gasteiger partial charge in [-0.15, -0.1) is 0 Å². The third-order valence-electron chi connectivity index (χ3n) is 1.21. The van der Waals surface area contributed by atoms with Crippen LogP contribution < -0.4 is 0 Å². The molecule has 0 aliphatic heterocycles. The maximum absolute atomic E-state index is 10.2. The van der Waals surface area contributed by atoms with Gasteiger partial charge in [0.25, 0.3) is 5.69 Å². The highest BCUT2D eigenvalue weighted by atomic mass is 32.2. The number of hydrogen-bond donors (Lipinski definition) is 1. The molecule has 14 heavy (non-hydrogen) atoms. The first-order valence-electron chi connectivity index (χ1n) is 3.43. The standard InChI is InChI=1S/C7H7NO2.H2O3S/c1-6-3-2-4-7(5-6)8(9)10;1-4(2)3/h2-5H,1H3;(H2,1,2,3)/p-1. The second kappa shape index (κ2) is 6.19. The van der Waals surface area contributed by atoms with Crippen molar-refractivity contribution < 1.29 is 18.2 Å². The highest BCUT2D eigenvalue weighted by molar-refractivity contribution is 7.73. The Hall–Kier alpha value is -1.31. The van der Waals surface area contributed by atoms with Crippen molar-refractivity contribution in [2.45, 2.75) is 6.92 Å².